The Morgan fingerprint density at radius 3 is 2.82 bits per heavy atom. The van der Waals surface area contributed by atoms with Crippen molar-refractivity contribution in [1.29, 1.82) is 0 Å². The monoisotopic (exact) mass is 149 g/mol. The smallest absolute Gasteiger partial charge is 0.174 e. The van der Waals surface area contributed by atoms with E-state index in [2.05, 4.69) is 28.3 Å². The van der Waals surface area contributed by atoms with Gasteiger partial charge in [-0.1, -0.05) is 6.08 Å². The summed E-state index contributed by atoms with van der Waals surface area (Å²) in [6, 6.07) is 0. The molecule has 0 aromatic rings. The summed E-state index contributed by atoms with van der Waals surface area (Å²) in [6.07, 6.45) is 7.56. The number of fused-ring (bicyclic) bond motifs is 1. The van der Waals surface area contributed by atoms with Gasteiger partial charge in [0.15, 0.2) is 5.66 Å². The van der Waals surface area contributed by atoms with E-state index in [1.54, 1.807) is 12.6 Å². The van der Waals surface area contributed by atoms with Crippen LogP contribution in [0.4, 0.5) is 0 Å². The van der Waals surface area contributed by atoms with Crippen LogP contribution in [0.3, 0.4) is 0 Å². The fraction of sp³-hybridized carbons (Fsp3) is 0.500. The standard InChI is InChI=1S/C8H11N3/c1-7-4-3-5-9-8(7,2)11-6-10-7/h3-6H,1-2H3,(H,10,11). The van der Waals surface area contributed by atoms with Gasteiger partial charge in [-0.15, -0.1) is 0 Å². The Kier molecular flexibility index (Phi) is 1.03. The summed E-state index contributed by atoms with van der Waals surface area (Å²) in [7, 11) is 0. The largest absolute Gasteiger partial charge is 0.363 e. The molecule has 2 rings (SSSR count). The molecule has 0 aromatic carbocycles. The highest BCUT2D eigenvalue weighted by Gasteiger charge is 2.46. The van der Waals surface area contributed by atoms with Crippen LogP contribution in [-0.4, -0.2) is 23.8 Å². The van der Waals surface area contributed by atoms with E-state index in [1.165, 1.54) is 0 Å². The highest BCUT2D eigenvalue weighted by Crippen LogP contribution is 2.33. The number of hydrogen-bond donors (Lipinski definition) is 1. The zero-order valence-corrected chi connectivity index (χ0v) is 6.70. The van der Waals surface area contributed by atoms with Crippen LogP contribution in [-0.2, 0) is 0 Å². The van der Waals surface area contributed by atoms with Gasteiger partial charge in [0.1, 0.15) is 0 Å². The lowest BCUT2D eigenvalue weighted by Crippen LogP contribution is -2.51. The van der Waals surface area contributed by atoms with Crippen LogP contribution in [0.25, 0.3) is 0 Å². The zero-order chi connectivity index (χ0) is 7.95. The minimum Gasteiger partial charge on any atom is -0.363 e. The Balaban J connectivity index is 2.48. The molecule has 3 nitrogen and oxygen atoms in total. The summed E-state index contributed by atoms with van der Waals surface area (Å²) in [5, 5.41) is 3.18. The van der Waals surface area contributed by atoms with Crippen molar-refractivity contribution in [2.24, 2.45) is 9.98 Å². The average Bonchev–Trinajstić information content (AvgIpc) is 2.25. The predicted molar refractivity (Wildman–Crippen MR) is 46.1 cm³/mol. The lowest BCUT2D eigenvalue weighted by molar-refractivity contribution is 0.332. The molecule has 1 N–H and O–H groups in total. The van der Waals surface area contributed by atoms with Gasteiger partial charge in [-0.3, -0.25) is 4.99 Å². The molecule has 0 spiro atoms. The number of rotatable bonds is 0. The van der Waals surface area contributed by atoms with Gasteiger partial charge in [0.05, 0.1) is 11.9 Å². The zero-order valence-electron chi connectivity index (χ0n) is 6.70. The Morgan fingerprint density at radius 2 is 2.09 bits per heavy atom. The number of hydrogen-bond acceptors (Lipinski definition) is 3. The quantitative estimate of drug-likeness (QED) is 0.541. The van der Waals surface area contributed by atoms with E-state index >= 15 is 0 Å². The molecule has 0 saturated heterocycles. The van der Waals surface area contributed by atoms with Crippen molar-refractivity contribution in [3.05, 3.63) is 12.2 Å². The van der Waals surface area contributed by atoms with Crippen molar-refractivity contribution < 1.29 is 0 Å². The minimum absolute atomic E-state index is 0.123. The maximum atomic E-state index is 4.32. The van der Waals surface area contributed by atoms with Crippen molar-refractivity contribution in [1.82, 2.24) is 5.32 Å². The molecule has 2 atom stereocenters. The van der Waals surface area contributed by atoms with Crippen molar-refractivity contribution in [2.45, 2.75) is 25.0 Å². The summed E-state index contributed by atoms with van der Waals surface area (Å²) in [5.74, 6) is 0. The first kappa shape index (κ1) is 6.58. The molecule has 0 aliphatic carbocycles. The molecule has 2 unspecified atom stereocenters. The highest BCUT2D eigenvalue weighted by molar-refractivity contribution is 5.76. The fourth-order valence-corrected chi connectivity index (χ4v) is 1.36. The van der Waals surface area contributed by atoms with E-state index in [9.17, 15) is 0 Å². The summed E-state index contributed by atoms with van der Waals surface area (Å²) in [5.41, 5.74) is -0.455. The number of nitrogens with one attached hydrogen (secondary N) is 1. The molecular formula is C8H11N3. The summed E-state index contributed by atoms with van der Waals surface area (Å²) in [6.45, 7) is 4.11. The molecule has 0 bridgehead atoms. The first-order chi connectivity index (χ1) is 5.16. The second-order valence-corrected chi connectivity index (χ2v) is 3.26. The molecule has 11 heavy (non-hydrogen) atoms. The van der Waals surface area contributed by atoms with Crippen molar-refractivity contribution in [2.75, 3.05) is 0 Å². The van der Waals surface area contributed by atoms with E-state index < -0.39 is 0 Å². The molecule has 2 heterocycles. The van der Waals surface area contributed by atoms with Gasteiger partial charge in [0, 0.05) is 6.21 Å². The topological polar surface area (TPSA) is 36.8 Å². The van der Waals surface area contributed by atoms with Crippen molar-refractivity contribution in [3.63, 3.8) is 0 Å². The molecule has 0 radical (unpaired) electrons. The molecule has 3 heteroatoms. The van der Waals surface area contributed by atoms with Crippen LogP contribution < -0.4 is 5.32 Å². The minimum atomic E-state index is -0.332. The fourth-order valence-electron chi connectivity index (χ4n) is 1.36. The van der Waals surface area contributed by atoms with Gasteiger partial charge in [0.2, 0.25) is 0 Å². The summed E-state index contributed by atoms with van der Waals surface area (Å²) >= 11 is 0. The average molecular weight is 149 g/mol. The lowest BCUT2D eigenvalue weighted by Gasteiger charge is -2.35. The van der Waals surface area contributed by atoms with Gasteiger partial charge in [-0.25, -0.2) is 4.99 Å². The van der Waals surface area contributed by atoms with Crippen LogP contribution in [0.15, 0.2) is 22.1 Å². The Morgan fingerprint density at radius 1 is 1.27 bits per heavy atom. The Labute approximate surface area is 65.9 Å². The number of allylic oxidation sites excluding steroid dienone is 1. The van der Waals surface area contributed by atoms with E-state index in [0.29, 0.717) is 0 Å². The Bertz CT molecular complexity index is 267. The molecule has 0 fully saturated rings. The third-order valence-corrected chi connectivity index (χ3v) is 2.51. The van der Waals surface area contributed by atoms with Crippen LogP contribution in [0.2, 0.25) is 0 Å². The van der Waals surface area contributed by atoms with Crippen LogP contribution in [0.5, 0.6) is 0 Å². The van der Waals surface area contributed by atoms with Gasteiger partial charge in [-0.2, -0.15) is 0 Å². The Hall–Kier alpha value is -1.12. The second-order valence-electron chi connectivity index (χ2n) is 3.26. The molecule has 58 valence electrons. The van der Waals surface area contributed by atoms with Gasteiger partial charge >= 0.3 is 0 Å². The second kappa shape index (κ2) is 1.72. The third-order valence-electron chi connectivity index (χ3n) is 2.51. The lowest BCUT2D eigenvalue weighted by atomic mass is 9.87. The van der Waals surface area contributed by atoms with Crippen molar-refractivity contribution in [3.8, 4) is 0 Å². The first-order valence-corrected chi connectivity index (χ1v) is 3.71. The number of aliphatic imine (C=N–C) groups is 2. The van der Waals surface area contributed by atoms with Crippen LogP contribution >= 0.6 is 0 Å². The van der Waals surface area contributed by atoms with E-state index in [4.69, 9.17) is 0 Å². The van der Waals surface area contributed by atoms with E-state index in [0.717, 1.165) is 0 Å². The highest BCUT2D eigenvalue weighted by atomic mass is 15.3. The first-order valence-electron chi connectivity index (χ1n) is 3.71. The molecule has 2 aliphatic heterocycles. The molecule has 2 aliphatic rings. The summed E-state index contributed by atoms with van der Waals surface area (Å²) in [4.78, 5) is 8.60. The van der Waals surface area contributed by atoms with Crippen LogP contribution in [0, 0.1) is 0 Å². The van der Waals surface area contributed by atoms with Gasteiger partial charge < -0.3 is 5.32 Å². The molecule has 0 aromatic heterocycles. The van der Waals surface area contributed by atoms with Gasteiger partial charge in [0.25, 0.3) is 0 Å². The maximum Gasteiger partial charge on any atom is 0.174 e. The van der Waals surface area contributed by atoms with Gasteiger partial charge in [-0.05, 0) is 19.9 Å². The molecule has 0 saturated carbocycles. The maximum absolute atomic E-state index is 4.32. The SMILES string of the molecule is CC12N=CC=CC1(C)NC=N2. The normalized spacial score (nSPS) is 45.6. The third kappa shape index (κ3) is 0.679. The van der Waals surface area contributed by atoms with Crippen LogP contribution in [0.1, 0.15) is 13.8 Å². The molecular weight excluding hydrogens is 138 g/mol. The summed E-state index contributed by atoms with van der Waals surface area (Å²) < 4.78 is 0. The number of dihydropyridines is 1. The number of nitrogens with zero attached hydrogens (tertiary/aromatic N) is 2. The predicted octanol–water partition coefficient (Wildman–Crippen LogP) is 0.733. The van der Waals surface area contributed by atoms with E-state index in [1.807, 2.05) is 13.0 Å². The molecule has 0 amide bonds. The van der Waals surface area contributed by atoms with E-state index in [-0.39, 0.29) is 11.2 Å². The van der Waals surface area contributed by atoms with Crippen molar-refractivity contribution >= 4 is 12.6 Å².